The molecule has 0 aliphatic rings. The Morgan fingerprint density at radius 1 is 1.00 bits per heavy atom. The van der Waals surface area contributed by atoms with Crippen LogP contribution >= 0.6 is 11.6 Å². The Morgan fingerprint density at radius 3 is 2.14 bits per heavy atom. The number of benzene rings is 2. The lowest BCUT2D eigenvalue weighted by Gasteiger charge is -2.16. The second kappa shape index (κ2) is 7.74. The maximum Gasteiger partial charge on any atom is 0.573 e. The summed E-state index contributed by atoms with van der Waals surface area (Å²) in [6, 6.07) is 2.61. The van der Waals surface area contributed by atoms with E-state index in [9.17, 15) is 35.5 Å². The third-order valence-electron chi connectivity index (χ3n) is 3.14. The maximum absolute atomic E-state index is 14.0. The molecule has 0 aliphatic heterocycles. The molecule has 0 atom stereocenters. The fourth-order valence-electron chi connectivity index (χ4n) is 2.00. The van der Waals surface area contributed by atoms with Crippen LogP contribution in [-0.2, 0) is 10.9 Å². The highest BCUT2D eigenvalue weighted by Crippen LogP contribution is 2.40. The molecule has 0 N–H and O–H groups in total. The van der Waals surface area contributed by atoms with Gasteiger partial charge in [0, 0.05) is 6.07 Å². The quantitative estimate of drug-likeness (QED) is 0.441. The van der Waals surface area contributed by atoms with Gasteiger partial charge in [-0.15, -0.1) is 13.2 Å². The fourth-order valence-corrected chi connectivity index (χ4v) is 2.28. The molecule has 0 bridgehead atoms. The number of methoxy groups -OCH3 is 1. The summed E-state index contributed by atoms with van der Waals surface area (Å²) in [7, 11) is 0.932. The van der Waals surface area contributed by atoms with E-state index in [-0.39, 0.29) is 0 Å². The first kappa shape index (κ1) is 21.6. The molecule has 4 nitrogen and oxygen atoms in total. The van der Waals surface area contributed by atoms with Gasteiger partial charge in [-0.25, -0.2) is 9.18 Å². The van der Waals surface area contributed by atoms with Crippen molar-refractivity contribution in [3.8, 4) is 17.2 Å². The highest BCUT2D eigenvalue weighted by molar-refractivity contribution is 6.31. The van der Waals surface area contributed by atoms with E-state index in [1.165, 1.54) is 0 Å². The lowest BCUT2D eigenvalue weighted by Crippen LogP contribution is -2.17. The normalized spacial score (nSPS) is 11.9. The van der Waals surface area contributed by atoms with E-state index >= 15 is 0 Å². The number of ether oxygens (including phenoxy) is 3. The Kier molecular flexibility index (Phi) is 5.97. The summed E-state index contributed by atoms with van der Waals surface area (Å²) in [5.41, 5.74) is -1.94. The fraction of sp³-hybridized carbons (Fsp3) is 0.188. The van der Waals surface area contributed by atoms with Crippen LogP contribution < -0.4 is 9.47 Å². The Bertz CT molecular complexity index is 894. The number of hydrogen-bond acceptors (Lipinski definition) is 4. The van der Waals surface area contributed by atoms with Gasteiger partial charge in [-0.3, -0.25) is 0 Å². The molecule has 0 fully saturated rings. The maximum atomic E-state index is 14.0. The first-order chi connectivity index (χ1) is 12.8. The van der Waals surface area contributed by atoms with Gasteiger partial charge >= 0.3 is 18.5 Å². The molecule has 2 aromatic rings. The summed E-state index contributed by atoms with van der Waals surface area (Å²) in [4.78, 5) is 11.8. The highest BCUT2D eigenvalue weighted by Gasteiger charge is 2.35. The van der Waals surface area contributed by atoms with Crippen LogP contribution in [0.1, 0.15) is 15.9 Å². The monoisotopic (exact) mass is 432 g/mol. The lowest BCUT2D eigenvalue weighted by molar-refractivity contribution is -0.274. The van der Waals surface area contributed by atoms with Gasteiger partial charge in [0.05, 0.1) is 17.7 Å². The van der Waals surface area contributed by atoms with E-state index < -0.39 is 57.7 Å². The van der Waals surface area contributed by atoms with E-state index in [0.29, 0.717) is 30.3 Å². The van der Waals surface area contributed by atoms with Crippen molar-refractivity contribution in [3.63, 3.8) is 0 Å². The minimum Gasteiger partial charge on any atom is -0.465 e. The molecule has 0 unspecified atom stereocenters. The molecule has 0 radical (unpaired) electrons. The Balaban J connectivity index is 2.48. The predicted octanol–water partition coefficient (Wildman–Crippen LogP) is 5.98. The van der Waals surface area contributed by atoms with Gasteiger partial charge < -0.3 is 14.2 Å². The minimum absolute atomic E-state index is 0.307. The zero-order valence-corrected chi connectivity index (χ0v) is 14.3. The van der Waals surface area contributed by atoms with E-state index in [1.54, 1.807) is 0 Å². The van der Waals surface area contributed by atoms with E-state index in [4.69, 9.17) is 16.3 Å². The number of halogens is 8. The molecular weight excluding hydrogens is 425 g/mol. The average Bonchev–Trinajstić information content (AvgIpc) is 2.55. The molecule has 0 aliphatic carbocycles. The third-order valence-corrected chi connectivity index (χ3v) is 3.45. The standard InChI is InChI=1S/C16H8ClF7O4/c1-26-14(25)8-5-10(17)9(15(19,20)21)6-13(8)27-12-3-2-7(4-11(12)18)28-16(22,23)24/h2-6H,1H3. The first-order valence-electron chi connectivity index (χ1n) is 7.04. The van der Waals surface area contributed by atoms with Gasteiger partial charge in [-0.05, 0) is 24.3 Å². The zero-order valence-electron chi connectivity index (χ0n) is 13.5. The van der Waals surface area contributed by atoms with Crippen LogP contribution in [0.2, 0.25) is 5.02 Å². The first-order valence-corrected chi connectivity index (χ1v) is 7.42. The molecule has 0 aromatic heterocycles. The van der Waals surface area contributed by atoms with Gasteiger partial charge in [0.2, 0.25) is 0 Å². The van der Waals surface area contributed by atoms with Crippen molar-refractivity contribution in [1.82, 2.24) is 0 Å². The summed E-state index contributed by atoms with van der Waals surface area (Å²) in [6.45, 7) is 0. The van der Waals surface area contributed by atoms with E-state index in [2.05, 4.69) is 9.47 Å². The molecule has 0 saturated heterocycles. The van der Waals surface area contributed by atoms with Crippen LogP contribution in [0.4, 0.5) is 30.7 Å². The summed E-state index contributed by atoms with van der Waals surface area (Å²) < 4.78 is 102. The predicted molar refractivity (Wildman–Crippen MR) is 81.0 cm³/mol. The van der Waals surface area contributed by atoms with E-state index in [0.717, 1.165) is 7.11 Å². The molecule has 0 amide bonds. The Hall–Kier alpha value is -2.69. The number of esters is 1. The second-order valence-electron chi connectivity index (χ2n) is 5.06. The average molecular weight is 433 g/mol. The Labute approximate surface area is 157 Å². The van der Waals surface area contributed by atoms with Crippen LogP contribution in [0.25, 0.3) is 0 Å². The van der Waals surface area contributed by atoms with Crippen molar-refractivity contribution in [2.75, 3.05) is 7.11 Å². The molecule has 0 spiro atoms. The summed E-state index contributed by atoms with van der Waals surface area (Å²) in [6.07, 6.45) is -10.0. The van der Waals surface area contributed by atoms with Crippen LogP contribution in [0.3, 0.4) is 0 Å². The smallest absolute Gasteiger partial charge is 0.465 e. The largest absolute Gasteiger partial charge is 0.573 e. The van der Waals surface area contributed by atoms with Gasteiger partial charge in [-0.2, -0.15) is 13.2 Å². The third kappa shape index (κ3) is 5.18. The number of rotatable bonds is 4. The van der Waals surface area contributed by atoms with Gasteiger partial charge in [-0.1, -0.05) is 11.6 Å². The van der Waals surface area contributed by atoms with E-state index in [1.807, 2.05) is 0 Å². The van der Waals surface area contributed by atoms with Crippen LogP contribution in [0.5, 0.6) is 17.2 Å². The van der Waals surface area contributed by atoms with Crippen molar-refractivity contribution in [3.05, 3.63) is 52.3 Å². The van der Waals surface area contributed by atoms with Crippen molar-refractivity contribution in [2.24, 2.45) is 0 Å². The van der Waals surface area contributed by atoms with Crippen molar-refractivity contribution in [2.45, 2.75) is 12.5 Å². The molecule has 28 heavy (non-hydrogen) atoms. The molecule has 0 heterocycles. The number of hydrogen-bond donors (Lipinski definition) is 0. The van der Waals surface area contributed by atoms with Gasteiger partial charge in [0.15, 0.2) is 11.6 Å². The summed E-state index contributed by atoms with van der Waals surface area (Å²) in [5, 5.41) is -0.838. The molecule has 12 heteroatoms. The summed E-state index contributed by atoms with van der Waals surface area (Å²) in [5.74, 6) is -4.98. The minimum atomic E-state index is -5.08. The van der Waals surface area contributed by atoms with Crippen molar-refractivity contribution in [1.29, 1.82) is 0 Å². The SMILES string of the molecule is COC(=O)c1cc(Cl)c(C(F)(F)F)cc1Oc1ccc(OC(F)(F)F)cc1F. The van der Waals surface area contributed by atoms with Crippen LogP contribution in [0, 0.1) is 5.82 Å². The molecule has 2 aromatic carbocycles. The van der Waals surface area contributed by atoms with Gasteiger partial charge in [0.1, 0.15) is 17.1 Å². The number of carbonyl (C=O) groups excluding carboxylic acids is 1. The van der Waals surface area contributed by atoms with Crippen molar-refractivity contribution < 1.29 is 49.7 Å². The van der Waals surface area contributed by atoms with Crippen LogP contribution in [0.15, 0.2) is 30.3 Å². The molecular formula is C16H8ClF7O4. The topological polar surface area (TPSA) is 44.8 Å². The number of alkyl halides is 6. The molecule has 2 rings (SSSR count). The lowest BCUT2D eigenvalue weighted by atomic mass is 10.1. The molecule has 0 saturated carbocycles. The number of carbonyl (C=O) groups is 1. The van der Waals surface area contributed by atoms with Crippen molar-refractivity contribution >= 4 is 17.6 Å². The highest BCUT2D eigenvalue weighted by atomic mass is 35.5. The second-order valence-corrected chi connectivity index (χ2v) is 5.47. The van der Waals surface area contributed by atoms with Gasteiger partial charge in [0.25, 0.3) is 0 Å². The summed E-state index contributed by atoms with van der Waals surface area (Å²) >= 11 is 5.52. The molecule has 152 valence electrons. The van der Waals surface area contributed by atoms with Crippen LogP contribution in [-0.4, -0.2) is 19.4 Å². The Morgan fingerprint density at radius 2 is 1.64 bits per heavy atom. The zero-order chi connectivity index (χ0) is 21.3.